The number of nitrogens with zero attached hydrogens (tertiary/aromatic N) is 1. The summed E-state index contributed by atoms with van der Waals surface area (Å²) in [5.74, 6) is 0. The maximum atomic E-state index is 10.1. The number of hydrogen-bond acceptors (Lipinski definition) is 3. The second-order valence-corrected chi connectivity index (χ2v) is 8.51. The SMILES string of the molecule is CC.CC.CC1(O)CCC(C#N)(OC2(C)CCC3(CCC3)CC2)CC1. The van der Waals surface area contributed by atoms with Gasteiger partial charge in [-0.25, -0.2) is 0 Å². The van der Waals surface area contributed by atoms with Crippen molar-refractivity contribution in [2.45, 2.75) is 129 Å². The van der Waals surface area contributed by atoms with Crippen molar-refractivity contribution in [1.29, 1.82) is 5.26 Å². The summed E-state index contributed by atoms with van der Waals surface area (Å²) in [5, 5.41) is 19.8. The molecular formula is C22H41NO2. The predicted molar refractivity (Wildman–Crippen MR) is 104 cm³/mol. The van der Waals surface area contributed by atoms with Crippen molar-refractivity contribution >= 4 is 0 Å². The minimum absolute atomic E-state index is 0.139. The van der Waals surface area contributed by atoms with Crippen molar-refractivity contribution in [2.24, 2.45) is 5.41 Å². The topological polar surface area (TPSA) is 53.2 Å². The summed E-state index contributed by atoms with van der Waals surface area (Å²) in [6.07, 6.45) is 11.6. The first-order valence-corrected chi connectivity index (χ1v) is 10.6. The van der Waals surface area contributed by atoms with Crippen LogP contribution in [0.15, 0.2) is 0 Å². The largest absolute Gasteiger partial charge is 0.390 e. The van der Waals surface area contributed by atoms with Crippen LogP contribution < -0.4 is 0 Å². The van der Waals surface area contributed by atoms with Gasteiger partial charge in [-0.3, -0.25) is 0 Å². The van der Waals surface area contributed by atoms with Crippen LogP contribution in [0.5, 0.6) is 0 Å². The molecule has 0 aromatic carbocycles. The molecule has 146 valence electrons. The minimum atomic E-state index is -0.666. The van der Waals surface area contributed by atoms with Crippen LogP contribution >= 0.6 is 0 Å². The Kier molecular flexibility index (Phi) is 7.96. The zero-order chi connectivity index (χ0) is 19.2. The third-order valence-corrected chi connectivity index (χ3v) is 6.56. The molecule has 0 saturated heterocycles. The molecule has 0 aromatic heterocycles. The van der Waals surface area contributed by atoms with Gasteiger partial charge in [0.25, 0.3) is 0 Å². The first kappa shape index (κ1) is 22.5. The lowest BCUT2D eigenvalue weighted by Crippen LogP contribution is -2.50. The smallest absolute Gasteiger partial charge is 0.155 e. The number of nitriles is 1. The molecule has 1 N–H and O–H groups in total. The van der Waals surface area contributed by atoms with E-state index in [1.807, 2.05) is 34.6 Å². The van der Waals surface area contributed by atoms with E-state index in [4.69, 9.17) is 4.74 Å². The quantitative estimate of drug-likeness (QED) is 0.649. The summed E-state index contributed by atoms with van der Waals surface area (Å²) in [6, 6.07) is 2.44. The highest BCUT2D eigenvalue weighted by molar-refractivity contribution is 5.09. The third-order valence-electron chi connectivity index (χ3n) is 6.56. The molecule has 3 aliphatic carbocycles. The fourth-order valence-electron chi connectivity index (χ4n) is 4.49. The molecule has 0 atom stereocenters. The zero-order valence-corrected chi connectivity index (χ0v) is 17.6. The Hall–Kier alpha value is -0.590. The van der Waals surface area contributed by atoms with E-state index in [9.17, 15) is 10.4 Å². The van der Waals surface area contributed by atoms with Gasteiger partial charge in [0.2, 0.25) is 0 Å². The molecule has 3 rings (SSSR count). The number of ether oxygens (including phenoxy) is 1. The number of rotatable bonds is 2. The van der Waals surface area contributed by atoms with Crippen molar-refractivity contribution in [1.82, 2.24) is 0 Å². The van der Waals surface area contributed by atoms with Crippen LogP contribution in [0.1, 0.15) is 112 Å². The van der Waals surface area contributed by atoms with Gasteiger partial charge in [0, 0.05) is 0 Å². The molecule has 3 fully saturated rings. The Bertz CT molecular complexity index is 425. The molecular weight excluding hydrogens is 310 g/mol. The molecule has 0 amide bonds. The molecule has 3 nitrogen and oxygen atoms in total. The van der Waals surface area contributed by atoms with E-state index < -0.39 is 11.2 Å². The highest BCUT2D eigenvalue weighted by Crippen LogP contribution is 2.55. The second kappa shape index (κ2) is 8.87. The first-order chi connectivity index (χ1) is 11.8. The lowest BCUT2D eigenvalue weighted by atomic mass is 9.58. The minimum Gasteiger partial charge on any atom is -0.390 e. The monoisotopic (exact) mass is 351 g/mol. The summed E-state index contributed by atoms with van der Waals surface area (Å²) in [7, 11) is 0. The maximum absolute atomic E-state index is 10.1. The van der Waals surface area contributed by atoms with Crippen LogP contribution in [0.4, 0.5) is 0 Å². The van der Waals surface area contributed by atoms with Gasteiger partial charge < -0.3 is 9.84 Å². The Morgan fingerprint density at radius 1 is 0.760 bits per heavy atom. The predicted octanol–water partition coefficient (Wildman–Crippen LogP) is 6.15. The molecule has 25 heavy (non-hydrogen) atoms. The first-order valence-electron chi connectivity index (χ1n) is 10.6. The summed E-state index contributed by atoms with van der Waals surface area (Å²) in [6.45, 7) is 12.1. The van der Waals surface area contributed by atoms with Crippen LogP contribution in [-0.4, -0.2) is 21.9 Å². The van der Waals surface area contributed by atoms with Gasteiger partial charge in [-0.05, 0) is 83.5 Å². The maximum Gasteiger partial charge on any atom is 0.155 e. The standard InChI is InChI=1S/C18H29NO2.2C2H6/c1-15(20)6-12-18(14-19,13-7-15)21-16(2)8-10-17(11-9-16)4-3-5-17;2*1-2/h20H,3-13H2,1-2H3;2*1-2H3. The van der Waals surface area contributed by atoms with Gasteiger partial charge in [-0.1, -0.05) is 34.1 Å². The molecule has 0 aromatic rings. The third kappa shape index (κ3) is 5.44. The molecule has 1 spiro atoms. The normalized spacial score (nSPS) is 35.1. The van der Waals surface area contributed by atoms with Gasteiger partial charge >= 0.3 is 0 Å². The van der Waals surface area contributed by atoms with Crippen LogP contribution in [0, 0.1) is 16.7 Å². The van der Waals surface area contributed by atoms with Gasteiger partial charge in [0.05, 0.1) is 17.3 Å². The Labute approximate surface area is 156 Å². The van der Waals surface area contributed by atoms with E-state index >= 15 is 0 Å². The number of hydrogen-bond donors (Lipinski definition) is 1. The van der Waals surface area contributed by atoms with E-state index in [2.05, 4.69) is 13.0 Å². The van der Waals surface area contributed by atoms with Crippen LogP contribution in [0.25, 0.3) is 0 Å². The Morgan fingerprint density at radius 2 is 1.24 bits per heavy atom. The van der Waals surface area contributed by atoms with Gasteiger partial charge in [-0.15, -0.1) is 0 Å². The Balaban J connectivity index is 0.000000730. The van der Waals surface area contributed by atoms with Crippen molar-refractivity contribution in [3.63, 3.8) is 0 Å². The molecule has 0 heterocycles. The lowest BCUT2D eigenvalue weighted by molar-refractivity contribution is -0.179. The van der Waals surface area contributed by atoms with Crippen LogP contribution in [0.3, 0.4) is 0 Å². The van der Waals surface area contributed by atoms with E-state index in [1.165, 1.54) is 32.1 Å². The van der Waals surface area contributed by atoms with Crippen molar-refractivity contribution in [3.8, 4) is 6.07 Å². The van der Waals surface area contributed by atoms with Gasteiger partial charge in [-0.2, -0.15) is 5.26 Å². The highest BCUT2D eigenvalue weighted by Gasteiger charge is 2.49. The van der Waals surface area contributed by atoms with Gasteiger partial charge in [0.15, 0.2) is 5.60 Å². The van der Waals surface area contributed by atoms with Crippen molar-refractivity contribution in [2.75, 3.05) is 0 Å². The molecule has 3 aliphatic rings. The fourth-order valence-corrected chi connectivity index (χ4v) is 4.49. The average molecular weight is 352 g/mol. The second-order valence-electron chi connectivity index (χ2n) is 8.51. The molecule has 0 aliphatic heterocycles. The van der Waals surface area contributed by atoms with Crippen molar-refractivity contribution in [3.05, 3.63) is 0 Å². The van der Waals surface area contributed by atoms with E-state index in [1.54, 1.807) is 0 Å². The van der Waals surface area contributed by atoms with Crippen LogP contribution in [-0.2, 0) is 4.74 Å². The van der Waals surface area contributed by atoms with E-state index in [0.29, 0.717) is 31.1 Å². The van der Waals surface area contributed by atoms with Gasteiger partial charge in [0.1, 0.15) is 0 Å². The summed E-state index contributed by atoms with van der Waals surface area (Å²) in [5.41, 5.74) is -0.799. The fraction of sp³-hybridized carbons (Fsp3) is 0.955. The molecule has 0 unspecified atom stereocenters. The molecule has 3 heteroatoms. The van der Waals surface area contributed by atoms with Crippen LogP contribution in [0.2, 0.25) is 0 Å². The van der Waals surface area contributed by atoms with E-state index in [0.717, 1.165) is 12.8 Å². The van der Waals surface area contributed by atoms with Crippen molar-refractivity contribution < 1.29 is 9.84 Å². The summed E-state index contributed by atoms with van der Waals surface area (Å²) >= 11 is 0. The summed E-state index contributed by atoms with van der Waals surface area (Å²) < 4.78 is 6.44. The molecule has 0 bridgehead atoms. The zero-order valence-electron chi connectivity index (χ0n) is 17.6. The number of aliphatic hydroxyl groups is 1. The summed E-state index contributed by atoms with van der Waals surface area (Å²) in [4.78, 5) is 0. The molecule has 3 saturated carbocycles. The highest BCUT2D eigenvalue weighted by atomic mass is 16.5. The lowest BCUT2D eigenvalue weighted by Gasteiger charge is -2.52. The Morgan fingerprint density at radius 3 is 1.60 bits per heavy atom. The van der Waals surface area contributed by atoms with E-state index in [-0.39, 0.29) is 5.60 Å². The molecule has 0 radical (unpaired) electrons. The average Bonchev–Trinajstić information content (AvgIpc) is 2.60.